The Morgan fingerprint density at radius 2 is 2.28 bits per heavy atom. The number of carbonyl (C=O) groups is 1. The van der Waals surface area contributed by atoms with Gasteiger partial charge in [-0.15, -0.1) is 0 Å². The lowest BCUT2D eigenvalue weighted by molar-refractivity contribution is -0.122. The number of fused-ring (bicyclic) bond motifs is 1. The molecule has 2 N–H and O–H groups in total. The maximum Gasteiger partial charge on any atom is 0.265 e. The number of rotatable bonds is 1. The van der Waals surface area contributed by atoms with Gasteiger partial charge in [-0.05, 0) is 49.9 Å². The zero-order valence-corrected chi connectivity index (χ0v) is 10.5. The van der Waals surface area contributed by atoms with Crippen molar-refractivity contribution in [2.45, 2.75) is 31.8 Å². The van der Waals surface area contributed by atoms with Gasteiger partial charge in [0, 0.05) is 6.54 Å². The molecule has 1 aromatic rings. The van der Waals surface area contributed by atoms with Crippen molar-refractivity contribution in [3.05, 3.63) is 23.8 Å². The van der Waals surface area contributed by atoms with E-state index in [0.717, 1.165) is 24.5 Å². The summed E-state index contributed by atoms with van der Waals surface area (Å²) in [6.07, 6.45) is 2.03. The minimum Gasteiger partial charge on any atom is -0.479 e. The van der Waals surface area contributed by atoms with Gasteiger partial charge in [0.1, 0.15) is 5.75 Å². The molecule has 1 fully saturated rings. The summed E-state index contributed by atoms with van der Waals surface area (Å²) in [4.78, 5) is 11.5. The Labute approximate surface area is 107 Å². The summed E-state index contributed by atoms with van der Waals surface area (Å²) in [5, 5.41) is 6.28. The zero-order valence-electron chi connectivity index (χ0n) is 10.5. The molecule has 4 nitrogen and oxygen atoms in total. The van der Waals surface area contributed by atoms with Crippen LogP contribution in [-0.4, -0.2) is 25.1 Å². The molecule has 0 aromatic heterocycles. The molecule has 2 atom stereocenters. The second-order valence-corrected chi connectivity index (χ2v) is 5.05. The van der Waals surface area contributed by atoms with Crippen molar-refractivity contribution >= 4 is 11.6 Å². The van der Waals surface area contributed by atoms with Gasteiger partial charge in [-0.25, -0.2) is 0 Å². The van der Waals surface area contributed by atoms with E-state index in [4.69, 9.17) is 4.74 Å². The van der Waals surface area contributed by atoms with Crippen LogP contribution in [0.2, 0.25) is 0 Å². The van der Waals surface area contributed by atoms with Gasteiger partial charge in [0.15, 0.2) is 6.10 Å². The number of hydrogen-bond acceptors (Lipinski definition) is 3. The minimum atomic E-state index is -0.405. The largest absolute Gasteiger partial charge is 0.479 e. The summed E-state index contributed by atoms with van der Waals surface area (Å²) in [7, 11) is 0. The third-order valence-electron chi connectivity index (χ3n) is 3.70. The molecular weight excluding hydrogens is 228 g/mol. The second-order valence-electron chi connectivity index (χ2n) is 5.05. The molecule has 96 valence electrons. The Hall–Kier alpha value is -1.55. The minimum absolute atomic E-state index is 0.0745. The van der Waals surface area contributed by atoms with Crippen LogP contribution < -0.4 is 15.4 Å². The summed E-state index contributed by atoms with van der Waals surface area (Å²) < 4.78 is 5.64. The lowest BCUT2D eigenvalue weighted by atomic mass is 9.91. The van der Waals surface area contributed by atoms with Crippen molar-refractivity contribution in [3.8, 4) is 5.75 Å². The van der Waals surface area contributed by atoms with E-state index >= 15 is 0 Å². The number of ether oxygens (including phenoxy) is 1. The van der Waals surface area contributed by atoms with Crippen molar-refractivity contribution in [1.82, 2.24) is 5.32 Å². The molecular formula is C14H18N2O2. The fourth-order valence-corrected chi connectivity index (χ4v) is 2.61. The summed E-state index contributed by atoms with van der Waals surface area (Å²) in [6, 6.07) is 6.11. The molecule has 2 aliphatic rings. The SMILES string of the molecule is CC1Oc2cc(C3CCCNC3)ccc2NC1=O. The molecule has 1 amide bonds. The molecule has 18 heavy (non-hydrogen) atoms. The first kappa shape index (κ1) is 11.5. The maximum atomic E-state index is 11.5. The number of benzene rings is 1. The second kappa shape index (κ2) is 4.61. The first-order valence-electron chi connectivity index (χ1n) is 6.56. The van der Waals surface area contributed by atoms with Crippen LogP contribution in [0.5, 0.6) is 5.75 Å². The van der Waals surface area contributed by atoms with Gasteiger partial charge >= 0.3 is 0 Å². The van der Waals surface area contributed by atoms with E-state index in [0.29, 0.717) is 5.92 Å². The predicted molar refractivity (Wildman–Crippen MR) is 70.0 cm³/mol. The van der Waals surface area contributed by atoms with Crippen LogP contribution in [0.4, 0.5) is 5.69 Å². The van der Waals surface area contributed by atoms with Crippen molar-refractivity contribution in [2.24, 2.45) is 0 Å². The van der Waals surface area contributed by atoms with E-state index in [1.54, 1.807) is 6.92 Å². The van der Waals surface area contributed by atoms with Crippen LogP contribution >= 0.6 is 0 Å². The van der Waals surface area contributed by atoms with Crippen LogP contribution in [0.1, 0.15) is 31.2 Å². The van der Waals surface area contributed by atoms with E-state index in [-0.39, 0.29) is 5.91 Å². The van der Waals surface area contributed by atoms with E-state index in [2.05, 4.69) is 22.8 Å². The van der Waals surface area contributed by atoms with E-state index in [9.17, 15) is 4.79 Å². The Balaban J connectivity index is 1.86. The van der Waals surface area contributed by atoms with Crippen LogP contribution in [0, 0.1) is 0 Å². The monoisotopic (exact) mass is 246 g/mol. The van der Waals surface area contributed by atoms with Crippen molar-refractivity contribution in [3.63, 3.8) is 0 Å². The van der Waals surface area contributed by atoms with E-state index in [1.165, 1.54) is 18.4 Å². The molecule has 0 radical (unpaired) electrons. The molecule has 2 heterocycles. The first-order valence-corrected chi connectivity index (χ1v) is 6.56. The van der Waals surface area contributed by atoms with Crippen molar-refractivity contribution in [1.29, 1.82) is 0 Å². The van der Waals surface area contributed by atoms with Gasteiger partial charge in [0.2, 0.25) is 0 Å². The number of carbonyl (C=O) groups excluding carboxylic acids is 1. The number of nitrogens with one attached hydrogen (secondary N) is 2. The van der Waals surface area contributed by atoms with Gasteiger partial charge in [-0.1, -0.05) is 6.07 Å². The smallest absolute Gasteiger partial charge is 0.265 e. The predicted octanol–water partition coefficient (Wildman–Crippen LogP) is 1.87. The Kier molecular flexibility index (Phi) is 2.96. The third kappa shape index (κ3) is 2.08. The highest BCUT2D eigenvalue weighted by Gasteiger charge is 2.25. The fourth-order valence-electron chi connectivity index (χ4n) is 2.61. The number of piperidine rings is 1. The van der Waals surface area contributed by atoms with Gasteiger partial charge in [-0.3, -0.25) is 4.79 Å². The zero-order chi connectivity index (χ0) is 12.5. The number of hydrogen-bond donors (Lipinski definition) is 2. The molecule has 2 aliphatic heterocycles. The van der Waals surface area contributed by atoms with Crippen LogP contribution in [-0.2, 0) is 4.79 Å². The van der Waals surface area contributed by atoms with Crippen molar-refractivity contribution in [2.75, 3.05) is 18.4 Å². The van der Waals surface area contributed by atoms with Gasteiger partial charge in [0.25, 0.3) is 5.91 Å². The average Bonchev–Trinajstić information content (AvgIpc) is 2.41. The van der Waals surface area contributed by atoms with Crippen LogP contribution in [0.3, 0.4) is 0 Å². The van der Waals surface area contributed by atoms with E-state index in [1.807, 2.05) is 6.07 Å². The van der Waals surface area contributed by atoms with Crippen LogP contribution in [0.25, 0.3) is 0 Å². The van der Waals surface area contributed by atoms with Gasteiger partial charge in [0.05, 0.1) is 5.69 Å². The molecule has 1 aromatic carbocycles. The molecule has 0 bridgehead atoms. The lowest BCUT2D eigenvalue weighted by Gasteiger charge is -2.27. The molecule has 1 saturated heterocycles. The summed E-state index contributed by atoms with van der Waals surface area (Å²) in [5.41, 5.74) is 2.08. The van der Waals surface area contributed by atoms with E-state index < -0.39 is 6.10 Å². The Morgan fingerprint density at radius 1 is 1.39 bits per heavy atom. The summed E-state index contributed by atoms with van der Waals surface area (Å²) >= 11 is 0. The van der Waals surface area contributed by atoms with Gasteiger partial charge in [-0.2, -0.15) is 0 Å². The highest BCUT2D eigenvalue weighted by molar-refractivity contribution is 5.97. The fraction of sp³-hybridized carbons (Fsp3) is 0.500. The topological polar surface area (TPSA) is 50.4 Å². The molecule has 2 unspecified atom stereocenters. The maximum absolute atomic E-state index is 11.5. The Bertz CT molecular complexity index is 467. The van der Waals surface area contributed by atoms with Gasteiger partial charge < -0.3 is 15.4 Å². The highest BCUT2D eigenvalue weighted by Crippen LogP contribution is 2.34. The first-order chi connectivity index (χ1) is 8.74. The summed E-state index contributed by atoms with van der Waals surface area (Å²) in [5.74, 6) is 1.28. The third-order valence-corrected chi connectivity index (χ3v) is 3.70. The average molecular weight is 246 g/mol. The number of amides is 1. The Morgan fingerprint density at radius 3 is 3.06 bits per heavy atom. The summed E-state index contributed by atoms with van der Waals surface area (Å²) in [6.45, 7) is 3.92. The molecule has 4 heteroatoms. The standard InChI is InChI=1S/C14H18N2O2/c1-9-14(17)16-12-5-4-10(7-13(12)18-9)11-3-2-6-15-8-11/h4-5,7,9,11,15H,2-3,6,8H2,1H3,(H,16,17). The normalized spacial score (nSPS) is 27.1. The highest BCUT2D eigenvalue weighted by atomic mass is 16.5. The number of anilines is 1. The molecule has 0 aliphatic carbocycles. The van der Waals surface area contributed by atoms with Crippen LogP contribution in [0.15, 0.2) is 18.2 Å². The lowest BCUT2D eigenvalue weighted by Crippen LogP contribution is -2.34. The quantitative estimate of drug-likeness (QED) is 0.795. The molecule has 0 saturated carbocycles. The molecule has 0 spiro atoms. The molecule has 3 rings (SSSR count). The van der Waals surface area contributed by atoms with Crippen molar-refractivity contribution < 1.29 is 9.53 Å².